The molecule has 2 aliphatic heterocycles. The van der Waals surface area contributed by atoms with E-state index < -0.39 is 36.1 Å². The van der Waals surface area contributed by atoms with Crippen LogP contribution in [0.3, 0.4) is 0 Å². The van der Waals surface area contributed by atoms with Gasteiger partial charge in [0.1, 0.15) is 24.2 Å². The first-order valence-electron chi connectivity index (χ1n) is 14.5. The van der Waals surface area contributed by atoms with Gasteiger partial charge in [0.25, 0.3) is 5.91 Å². The van der Waals surface area contributed by atoms with Crippen LogP contribution in [0.15, 0.2) is 54.7 Å². The van der Waals surface area contributed by atoms with Gasteiger partial charge in [-0.15, -0.1) is 0 Å². The molecule has 42 heavy (non-hydrogen) atoms. The van der Waals surface area contributed by atoms with E-state index in [2.05, 4.69) is 21.0 Å². The molecule has 3 N–H and O–H groups in total. The lowest BCUT2D eigenvalue weighted by Gasteiger charge is -2.35. The Labute approximate surface area is 245 Å². The van der Waals surface area contributed by atoms with Crippen molar-refractivity contribution >= 4 is 34.5 Å². The second-order valence-corrected chi connectivity index (χ2v) is 11.5. The largest absolute Gasteiger partial charge is 0.457 e. The number of amides is 3. The molecule has 0 aliphatic carbocycles. The number of hydrogen-bond acceptors (Lipinski definition) is 7. The van der Waals surface area contributed by atoms with Crippen molar-refractivity contribution < 1.29 is 23.9 Å². The molecule has 1 fully saturated rings. The number of esters is 1. The van der Waals surface area contributed by atoms with Crippen molar-refractivity contribution in [1.82, 2.24) is 26.1 Å². The maximum atomic E-state index is 13.2. The minimum absolute atomic E-state index is 0.0819. The Morgan fingerprint density at radius 2 is 1.79 bits per heavy atom. The molecule has 10 nitrogen and oxygen atoms in total. The third-order valence-electron chi connectivity index (χ3n) is 7.83. The van der Waals surface area contributed by atoms with Crippen molar-refractivity contribution in [1.29, 1.82) is 0 Å². The summed E-state index contributed by atoms with van der Waals surface area (Å²) in [5.74, 6) is -1.79. The van der Waals surface area contributed by atoms with Gasteiger partial charge in [0.05, 0.1) is 12.1 Å². The number of benzene rings is 2. The summed E-state index contributed by atoms with van der Waals surface area (Å²) in [6.07, 6.45) is 2.48. The SMILES string of the molecule is CC1NC(=O)[C@H](C(C)C)NC(=O)Cc2cccc(c2)-c2cc3cc(ccc3cn2)[C@@H](C)OC(=O)C2CCCN(N2)C1=O. The summed E-state index contributed by atoms with van der Waals surface area (Å²) in [4.78, 5) is 57.3. The Kier molecular flexibility index (Phi) is 8.54. The van der Waals surface area contributed by atoms with Gasteiger partial charge in [-0.1, -0.05) is 44.2 Å². The minimum atomic E-state index is -0.875. The molecular weight excluding hydrogens is 534 g/mol. The minimum Gasteiger partial charge on any atom is -0.457 e. The van der Waals surface area contributed by atoms with E-state index in [0.29, 0.717) is 19.4 Å². The summed E-state index contributed by atoms with van der Waals surface area (Å²) >= 11 is 0. The molecule has 1 aromatic heterocycles. The predicted octanol–water partition coefficient (Wildman–Crippen LogP) is 3.20. The number of fused-ring (bicyclic) bond motifs is 7. The number of hydrazine groups is 1. The molecule has 0 spiro atoms. The van der Waals surface area contributed by atoms with Crippen LogP contribution in [-0.2, 0) is 30.3 Å². The van der Waals surface area contributed by atoms with Gasteiger partial charge in [-0.2, -0.15) is 0 Å². The normalized spacial score (nSPS) is 24.2. The van der Waals surface area contributed by atoms with Crippen LogP contribution in [0.5, 0.6) is 0 Å². The molecule has 10 heteroatoms. The van der Waals surface area contributed by atoms with Crippen LogP contribution in [0.1, 0.15) is 57.8 Å². The first kappa shape index (κ1) is 29.2. The van der Waals surface area contributed by atoms with E-state index in [1.54, 1.807) is 13.1 Å². The summed E-state index contributed by atoms with van der Waals surface area (Å²) < 4.78 is 5.83. The fourth-order valence-corrected chi connectivity index (χ4v) is 5.39. The number of carbonyl (C=O) groups excluding carboxylic acids is 4. The third kappa shape index (κ3) is 6.44. The summed E-state index contributed by atoms with van der Waals surface area (Å²) in [5.41, 5.74) is 6.21. The monoisotopic (exact) mass is 571 g/mol. The number of pyridine rings is 1. The average molecular weight is 572 g/mol. The average Bonchev–Trinajstić information content (AvgIpc) is 2.98. The second kappa shape index (κ2) is 12.3. The maximum Gasteiger partial charge on any atom is 0.325 e. The molecule has 220 valence electrons. The van der Waals surface area contributed by atoms with Crippen LogP contribution in [-0.4, -0.2) is 58.4 Å². The molecule has 2 aliphatic rings. The molecule has 0 saturated carbocycles. The number of aromatic nitrogens is 1. The summed E-state index contributed by atoms with van der Waals surface area (Å²) in [6.45, 7) is 7.48. The number of rotatable bonds is 1. The Morgan fingerprint density at radius 1 is 0.976 bits per heavy atom. The van der Waals surface area contributed by atoms with Crippen molar-refractivity contribution in [3.8, 4) is 11.3 Å². The smallest absolute Gasteiger partial charge is 0.325 e. The number of cyclic esters (lactones) is 1. The molecule has 4 atom stereocenters. The maximum absolute atomic E-state index is 13.2. The first-order chi connectivity index (χ1) is 20.1. The van der Waals surface area contributed by atoms with Crippen molar-refractivity contribution in [3.63, 3.8) is 0 Å². The topological polar surface area (TPSA) is 130 Å². The Bertz CT molecular complexity index is 1520. The number of carbonyl (C=O) groups is 4. The van der Waals surface area contributed by atoms with E-state index in [-0.39, 0.29) is 24.2 Å². The van der Waals surface area contributed by atoms with Crippen LogP contribution in [0, 0.1) is 5.92 Å². The third-order valence-corrected chi connectivity index (χ3v) is 7.83. The van der Waals surface area contributed by atoms with E-state index >= 15 is 0 Å². The van der Waals surface area contributed by atoms with Gasteiger partial charge < -0.3 is 15.4 Å². The highest BCUT2D eigenvalue weighted by Crippen LogP contribution is 2.27. The zero-order valence-corrected chi connectivity index (χ0v) is 24.3. The predicted molar refractivity (Wildman–Crippen MR) is 158 cm³/mol. The highest BCUT2D eigenvalue weighted by molar-refractivity contribution is 5.93. The number of nitrogens with zero attached hydrogens (tertiary/aromatic N) is 2. The molecule has 2 unspecified atom stereocenters. The quantitative estimate of drug-likeness (QED) is 0.383. The summed E-state index contributed by atoms with van der Waals surface area (Å²) in [5, 5.41) is 8.85. The van der Waals surface area contributed by atoms with Crippen LogP contribution in [0.25, 0.3) is 22.0 Å². The van der Waals surface area contributed by atoms with E-state index in [9.17, 15) is 19.2 Å². The van der Waals surface area contributed by atoms with Gasteiger partial charge in [0, 0.05) is 23.7 Å². The standard InChI is InChI=1S/C32H37N5O5/c1-18(2)29-30(39)34-19(3)31(40)37-12-6-9-26(36-37)32(41)42-20(4)22-10-11-24-17-33-27(16-25(24)15-22)23-8-5-7-21(13-23)14-28(38)35-29/h5,7-8,10-11,13,15-20,26,29,36H,6,9,12,14H2,1-4H3,(H,34,39)(H,35,38)/t19?,20-,26?,29+/m1/s1. The molecule has 2 aromatic carbocycles. The summed E-state index contributed by atoms with van der Waals surface area (Å²) in [6, 6.07) is 13.0. The molecule has 1 saturated heterocycles. The van der Waals surface area contributed by atoms with Gasteiger partial charge in [-0.3, -0.25) is 29.2 Å². The molecule has 7 bridgehead atoms. The van der Waals surface area contributed by atoms with Crippen LogP contribution in [0.2, 0.25) is 0 Å². The van der Waals surface area contributed by atoms with Gasteiger partial charge in [-0.25, -0.2) is 5.43 Å². The Hall–Kier alpha value is -4.31. The van der Waals surface area contributed by atoms with Crippen molar-refractivity contribution in [2.24, 2.45) is 5.92 Å². The van der Waals surface area contributed by atoms with Crippen molar-refractivity contribution in [2.45, 2.75) is 71.2 Å². The van der Waals surface area contributed by atoms with E-state index in [0.717, 1.165) is 33.2 Å². The van der Waals surface area contributed by atoms with Gasteiger partial charge >= 0.3 is 5.97 Å². The fourth-order valence-electron chi connectivity index (χ4n) is 5.39. The van der Waals surface area contributed by atoms with E-state index in [4.69, 9.17) is 4.74 Å². The summed E-state index contributed by atoms with van der Waals surface area (Å²) in [7, 11) is 0. The number of nitrogens with one attached hydrogen (secondary N) is 3. The molecule has 0 radical (unpaired) electrons. The zero-order valence-electron chi connectivity index (χ0n) is 24.3. The lowest BCUT2D eigenvalue weighted by molar-refractivity contribution is -0.157. The second-order valence-electron chi connectivity index (χ2n) is 11.5. The van der Waals surface area contributed by atoms with Crippen molar-refractivity contribution in [2.75, 3.05) is 6.54 Å². The van der Waals surface area contributed by atoms with Crippen molar-refractivity contribution in [3.05, 3.63) is 65.9 Å². The van der Waals surface area contributed by atoms with E-state index in [1.165, 1.54) is 5.01 Å². The lowest BCUT2D eigenvalue weighted by atomic mass is 10.0. The highest BCUT2D eigenvalue weighted by Gasteiger charge is 2.34. The van der Waals surface area contributed by atoms with Crippen LogP contribution >= 0.6 is 0 Å². The molecule has 3 aromatic rings. The Morgan fingerprint density at radius 3 is 2.57 bits per heavy atom. The first-order valence-corrected chi connectivity index (χ1v) is 14.5. The van der Waals surface area contributed by atoms with Gasteiger partial charge in [0.15, 0.2) is 0 Å². The van der Waals surface area contributed by atoms with Crippen LogP contribution < -0.4 is 16.1 Å². The zero-order chi connectivity index (χ0) is 30.0. The fraction of sp³-hybridized carbons (Fsp3) is 0.406. The molecule has 5 rings (SSSR count). The Balaban J connectivity index is 1.50. The van der Waals surface area contributed by atoms with Crippen LogP contribution in [0.4, 0.5) is 0 Å². The number of hydrogen-bond donors (Lipinski definition) is 3. The van der Waals surface area contributed by atoms with Gasteiger partial charge in [0.2, 0.25) is 11.8 Å². The lowest BCUT2D eigenvalue weighted by Crippen LogP contribution is -2.61. The van der Waals surface area contributed by atoms with Gasteiger partial charge in [-0.05, 0) is 67.3 Å². The number of ether oxygens (including phenoxy) is 1. The van der Waals surface area contributed by atoms with E-state index in [1.807, 2.05) is 69.3 Å². The highest BCUT2D eigenvalue weighted by atomic mass is 16.5. The molecular formula is C32H37N5O5. The molecule has 3 heterocycles. The molecule has 3 amide bonds.